The van der Waals surface area contributed by atoms with Crippen LogP contribution in [0.2, 0.25) is 0 Å². The maximum absolute atomic E-state index is 11.7. The number of rotatable bonds is 1. The summed E-state index contributed by atoms with van der Waals surface area (Å²) in [7, 11) is 1.92. The molecule has 1 amide bonds. The highest BCUT2D eigenvalue weighted by molar-refractivity contribution is 5.79. The zero-order valence-electron chi connectivity index (χ0n) is 8.34. The molecule has 0 N–H and O–H groups in total. The van der Waals surface area contributed by atoms with Crippen molar-refractivity contribution in [1.29, 1.82) is 0 Å². The number of hydrogen-bond donors (Lipinski definition) is 0. The molecular formula is C10H19NO. The van der Waals surface area contributed by atoms with Crippen LogP contribution >= 0.6 is 0 Å². The molecule has 70 valence electrons. The van der Waals surface area contributed by atoms with Crippen molar-refractivity contribution in [2.45, 2.75) is 33.1 Å². The molecule has 1 heterocycles. The molecule has 0 aliphatic carbocycles. The van der Waals surface area contributed by atoms with Crippen molar-refractivity contribution in [3.05, 3.63) is 0 Å². The second-order valence-corrected chi connectivity index (χ2v) is 4.11. The van der Waals surface area contributed by atoms with Gasteiger partial charge in [0, 0.05) is 19.5 Å². The molecule has 1 saturated heterocycles. The summed E-state index contributed by atoms with van der Waals surface area (Å²) in [4.78, 5) is 13.6. The molecule has 0 aromatic heterocycles. The number of likely N-dealkylation sites (tertiary alicyclic amines) is 1. The van der Waals surface area contributed by atoms with Crippen molar-refractivity contribution in [2.24, 2.45) is 11.8 Å². The highest BCUT2D eigenvalue weighted by Gasteiger charge is 2.26. The topological polar surface area (TPSA) is 20.3 Å². The Bertz CT molecular complexity index is 165. The first kappa shape index (κ1) is 9.56. The molecule has 0 aromatic carbocycles. The number of amides is 1. The van der Waals surface area contributed by atoms with E-state index in [2.05, 4.69) is 13.8 Å². The van der Waals surface area contributed by atoms with E-state index in [4.69, 9.17) is 0 Å². The van der Waals surface area contributed by atoms with Crippen LogP contribution in [0.5, 0.6) is 0 Å². The van der Waals surface area contributed by atoms with Gasteiger partial charge in [-0.05, 0) is 18.8 Å². The van der Waals surface area contributed by atoms with Gasteiger partial charge >= 0.3 is 0 Å². The quantitative estimate of drug-likeness (QED) is 0.587. The van der Waals surface area contributed by atoms with Gasteiger partial charge in [-0.25, -0.2) is 0 Å². The Hall–Kier alpha value is -0.530. The zero-order valence-corrected chi connectivity index (χ0v) is 8.34. The minimum absolute atomic E-state index is 0.275. The van der Waals surface area contributed by atoms with Gasteiger partial charge in [-0.1, -0.05) is 20.3 Å². The van der Waals surface area contributed by atoms with E-state index in [0.717, 1.165) is 13.0 Å². The van der Waals surface area contributed by atoms with E-state index >= 15 is 0 Å². The van der Waals surface area contributed by atoms with Crippen LogP contribution in [0.4, 0.5) is 0 Å². The summed E-state index contributed by atoms with van der Waals surface area (Å²) in [6.45, 7) is 5.23. The third-order valence-corrected chi connectivity index (χ3v) is 2.76. The van der Waals surface area contributed by atoms with E-state index in [1.54, 1.807) is 0 Å². The Kier molecular flexibility index (Phi) is 3.12. The monoisotopic (exact) mass is 169 g/mol. The predicted octanol–water partition coefficient (Wildman–Crippen LogP) is 1.90. The first-order chi connectivity index (χ1) is 5.63. The first-order valence-corrected chi connectivity index (χ1v) is 4.88. The highest BCUT2D eigenvalue weighted by Crippen LogP contribution is 2.23. The second-order valence-electron chi connectivity index (χ2n) is 4.11. The van der Waals surface area contributed by atoms with Gasteiger partial charge in [0.15, 0.2) is 0 Å². The lowest BCUT2D eigenvalue weighted by Crippen LogP contribution is -2.33. The lowest BCUT2D eigenvalue weighted by molar-refractivity contribution is -0.134. The van der Waals surface area contributed by atoms with Crippen molar-refractivity contribution < 1.29 is 4.79 Å². The minimum atomic E-state index is 0.275. The Labute approximate surface area is 74.9 Å². The van der Waals surface area contributed by atoms with Gasteiger partial charge in [-0.2, -0.15) is 0 Å². The summed E-state index contributed by atoms with van der Waals surface area (Å²) in [5.41, 5.74) is 0. The highest BCUT2D eigenvalue weighted by atomic mass is 16.2. The fourth-order valence-corrected chi connectivity index (χ4v) is 1.85. The summed E-state index contributed by atoms with van der Waals surface area (Å²) >= 11 is 0. The van der Waals surface area contributed by atoms with E-state index < -0.39 is 0 Å². The molecule has 1 aliphatic heterocycles. The maximum atomic E-state index is 11.7. The van der Waals surface area contributed by atoms with Crippen LogP contribution in [0.15, 0.2) is 0 Å². The number of hydrogen-bond acceptors (Lipinski definition) is 1. The fraction of sp³-hybridized carbons (Fsp3) is 0.900. The van der Waals surface area contributed by atoms with Crippen LogP contribution in [0.3, 0.4) is 0 Å². The van der Waals surface area contributed by atoms with Crippen molar-refractivity contribution >= 4 is 5.91 Å². The molecule has 0 radical (unpaired) electrons. The van der Waals surface area contributed by atoms with Crippen LogP contribution in [0.1, 0.15) is 33.1 Å². The fourth-order valence-electron chi connectivity index (χ4n) is 1.85. The minimum Gasteiger partial charge on any atom is -0.346 e. The predicted molar refractivity (Wildman–Crippen MR) is 49.8 cm³/mol. The normalized spacial score (nSPS) is 26.2. The van der Waals surface area contributed by atoms with Crippen molar-refractivity contribution in [1.82, 2.24) is 4.90 Å². The van der Waals surface area contributed by atoms with E-state index in [1.807, 2.05) is 11.9 Å². The Morgan fingerprint density at radius 2 is 2.08 bits per heavy atom. The third-order valence-electron chi connectivity index (χ3n) is 2.76. The molecule has 1 rings (SSSR count). The van der Waals surface area contributed by atoms with Crippen molar-refractivity contribution in [3.8, 4) is 0 Å². The molecular weight excluding hydrogens is 150 g/mol. The lowest BCUT2D eigenvalue weighted by Gasteiger charge is -2.22. The van der Waals surface area contributed by atoms with Gasteiger partial charge in [-0.3, -0.25) is 4.79 Å². The maximum Gasteiger partial charge on any atom is 0.225 e. The van der Waals surface area contributed by atoms with Gasteiger partial charge in [-0.15, -0.1) is 0 Å². The zero-order chi connectivity index (χ0) is 9.14. The van der Waals surface area contributed by atoms with Crippen LogP contribution in [-0.2, 0) is 4.79 Å². The number of carbonyl (C=O) groups excluding carboxylic acids is 1. The van der Waals surface area contributed by atoms with E-state index in [0.29, 0.717) is 11.8 Å². The summed E-state index contributed by atoms with van der Waals surface area (Å²) in [6.07, 6.45) is 3.46. The van der Waals surface area contributed by atoms with E-state index in [1.165, 1.54) is 12.8 Å². The van der Waals surface area contributed by atoms with E-state index in [9.17, 15) is 4.79 Å². The average molecular weight is 169 g/mol. The van der Waals surface area contributed by atoms with Crippen molar-refractivity contribution in [3.63, 3.8) is 0 Å². The molecule has 12 heavy (non-hydrogen) atoms. The Morgan fingerprint density at radius 1 is 1.42 bits per heavy atom. The first-order valence-electron chi connectivity index (χ1n) is 4.88. The van der Waals surface area contributed by atoms with E-state index in [-0.39, 0.29) is 5.92 Å². The smallest absolute Gasteiger partial charge is 0.225 e. The van der Waals surface area contributed by atoms with Gasteiger partial charge < -0.3 is 4.90 Å². The lowest BCUT2D eigenvalue weighted by atomic mass is 9.91. The molecule has 0 saturated carbocycles. The van der Waals surface area contributed by atoms with Crippen LogP contribution in [0, 0.1) is 11.8 Å². The van der Waals surface area contributed by atoms with Gasteiger partial charge in [0.05, 0.1) is 0 Å². The Balaban J connectivity index is 2.64. The van der Waals surface area contributed by atoms with Gasteiger partial charge in [0.1, 0.15) is 0 Å². The summed E-state index contributed by atoms with van der Waals surface area (Å²) < 4.78 is 0. The summed E-state index contributed by atoms with van der Waals surface area (Å²) in [5, 5.41) is 0. The summed E-state index contributed by atoms with van der Waals surface area (Å²) in [6, 6.07) is 0. The molecule has 0 unspecified atom stereocenters. The third kappa shape index (κ3) is 1.99. The SMILES string of the molecule is CC(C)[C@H]1CCCCN(C)C1=O. The summed E-state index contributed by atoms with van der Waals surface area (Å²) in [5.74, 6) is 1.12. The van der Waals surface area contributed by atoms with Gasteiger partial charge in [0.2, 0.25) is 5.91 Å². The Morgan fingerprint density at radius 3 is 2.67 bits per heavy atom. The number of nitrogens with zero attached hydrogens (tertiary/aromatic N) is 1. The van der Waals surface area contributed by atoms with Crippen LogP contribution in [0.25, 0.3) is 0 Å². The largest absolute Gasteiger partial charge is 0.346 e. The number of carbonyl (C=O) groups is 1. The molecule has 0 bridgehead atoms. The molecule has 2 heteroatoms. The molecule has 1 aliphatic rings. The van der Waals surface area contributed by atoms with Gasteiger partial charge in [0.25, 0.3) is 0 Å². The molecule has 2 nitrogen and oxygen atoms in total. The molecule has 0 spiro atoms. The van der Waals surface area contributed by atoms with Crippen LogP contribution in [-0.4, -0.2) is 24.4 Å². The average Bonchev–Trinajstić information content (AvgIpc) is 2.15. The second kappa shape index (κ2) is 3.92. The standard InChI is InChI=1S/C10H19NO/c1-8(2)9-6-4-5-7-11(3)10(9)12/h8-9H,4-7H2,1-3H3/t9-/m1/s1. The molecule has 1 atom stereocenters. The molecule has 0 aromatic rings. The van der Waals surface area contributed by atoms with Crippen LogP contribution < -0.4 is 0 Å². The molecule has 1 fully saturated rings. The van der Waals surface area contributed by atoms with Crippen molar-refractivity contribution in [2.75, 3.05) is 13.6 Å².